The molecule has 9 nitrogen and oxygen atoms in total. The van der Waals surface area contributed by atoms with Crippen molar-refractivity contribution >= 4 is 33.8 Å². The van der Waals surface area contributed by atoms with Crippen LogP contribution in [0.1, 0.15) is 0 Å². The predicted molar refractivity (Wildman–Crippen MR) is 69.5 cm³/mol. The van der Waals surface area contributed by atoms with Gasteiger partial charge in [0.2, 0.25) is 0 Å². The van der Waals surface area contributed by atoms with Gasteiger partial charge >= 0.3 is 27.3 Å². The second-order valence-electron chi connectivity index (χ2n) is 5.68. The second-order valence-corrected chi connectivity index (χ2v) is 8.47. The second kappa shape index (κ2) is 4.78. The molecule has 1 N–H and O–H groups in total. The molecule has 5 unspecified atom stereocenters. The number of halogens is 2. The maximum Gasteiger partial charge on any atom is 0.465 e. The number of rotatable bonds is 3. The summed E-state index contributed by atoms with van der Waals surface area (Å²) in [5, 5.41) is -6.48. The average molecular weight is 388 g/mol. The molecule has 2 bridgehead atoms. The molecule has 13 heteroatoms. The lowest BCUT2D eigenvalue weighted by molar-refractivity contribution is -0.213. The van der Waals surface area contributed by atoms with E-state index < -0.39 is 61.7 Å². The number of hydrogen-bond acceptors (Lipinski definition) is 9. The van der Waals surface area contributed by atoms with Crippen LogP contribution < -0.4 is 0 Å². The van der Waals surface area contributed by atoms with E-state index in [4.69, 9.17) is 18.8 Å². The Labute approximate surface area is 137 Å². The monoisotopic (exact) mass is 388 g/mol. The Kier molecular flexibility index (Phi) is 3.28. The van der Waals surface area contributed by atoms with Gasteiger partial charge in [0.25, 0.3) is 0 Å². The third-order valence-electron chi connectivity index (χ3n) is 4.46. The molecule has 0 radical (unpaired) electrons. The topological polar surface area (TPSA) is 125 Å². The van der Waals surface area contributed by atoms with Gasteiger partial charge in [0.15, 0.2) is 18.0 Å². The molecule has 0 aliphatic carbocycles. The molecular weight excluding hydrogens is 378 g/mol. The van der Waals surface area contributed by atoms with Crippen molar-refractivity contribution < 1.29 is 50.3 Å². The highest BCUT2D eigenvalue weighted by Crippen LogP contribution is 2.63. The van der Waals surface area contributed by atoms with Gasteiger partial charge in [-0.15, -0.1) is 11.8 Å². The number of thioether (sulfide) groups is 1. The number of hydrogen-bond donors (Lipinski definition) is 1. The van der Waals surface area contributed by atoms with Crippen molar-refractivity contribution in [3.63, 3.8) is 0 Å². The molecule has 0 aromatic carbocycles. The number of alkyl halides is 2. The summed E-state index contributed by atoms with van der Waals surface area (Å²) in [7, 11) is -5.99. The van der Waals surface area contributed by atoms with E-state index >= 15 is 0 Å². The molecule has 4 saturated heterocycles. The number of ether oxygens (including phenoxy) is 4. The molecule has 0 aromatic rings. The van der Waals surface area contributed by atoms with E-state index in [1.54, 1.807) is 0 Å². The van der Waals surface area contributed by atoms with Crippen LogP contribution in [-0.2, 0) is 38.7 Å². The Morgan fingerprint density at radius 3 is 2.58 bits per heavy atom. The highest BCUT2D eigenvalue weighted by atomic mass is 32.2. The standard InChI is InChI=1S/C11H10F2O9S2/c12-11(13,24(16,17)18)9(15)22-5-4-6-3(8(14)21-4)10(7(5)23-6)19-1-2-20-10/h3-7H,1-2H2,(H,16,17,18). The molecule has 0 saturated carbocycles. The first-order valence-corrected chi connectivity index (χ1v) is 9.18. The Bertz CT molecular complexity index is 717. The average Bonchev–Trinajstić information content (AvgIpc) is 3.17. The zero-order valence-electron chi connectivity index (χ0n) is 11.6. The maximum atomic E-state index is 13.4. The van der Waals surface area contributed by atoms with Crippen LogP contribution in [-0.4, -0.2) is 71.9 Å². The molecule has 0 aromatic heterocycles. The number of carbonyl (C=O) groups is 2. The van der Waals surface area contributed by atoms with Crippen LogP contribution in [0.2, 0.25) is 0 Å². The van der Waals surface area contributed by atoms with Crippen LogP contribution in [0.25, 0.3) is 0 Å². The van der Waals surface area contributed by atoms with Crippen molar-refractivity contribution in [2.45, 2.75) is 33.7 Å². The largest absolute Gasteiger partial charge is 0.465 e. The van der Waals surface area contributed by atoms with Crippen LogP contribution in [0.5, 0.6) is 0 Å². The summed E-state index contributed by atoms with van der Waals surface area (Å²) in [5.74, 6) is -5.31. The van der Waals surface area contributed by atoms with E-state index in [9.17, 15) is 26.8 Å². The van der Waals surface area contributed by atoms with E-state index in [1.165, 1.54) is 0 Å². The molecule has 5 atom stereocenters. The summed E-state index contributed by atoms with van der Waals surface area (Å²) in [6.07, 6.45) is -2.38. The molecule has 0 amide bonds. The fourth-order valence-corrected chi connectivity index (χ4v) is 5.79. The summed E-state index contributed by atoms with van der Waals surface area (Å²) in [5.41, 5.74) is 0. The summed E-state index contributed by atoms with van der Waals surface area (Å²) < 4.78 is 77.3. The van der Waals surface area contributed by atoms with Gasteiger partial charge < -0.3 is 18.9 Å². The van der Waals surface area contributed by atoms with Crippen molar-refractivity contribution in [3.05, 3.63) is 0 Å². The van der Waals surface area contributed by atoms with Gasteiger partial charge in [0, 0.05) is 0 Å². The first-order valence-electron chi connectivity index (χ1n) is 6.79. The van der Waals surface area contributed by atoms with Crippen molar-refractivity contribution in [1.82, 2.24) is 0 Å². The van der Waals surface area contributed by atoms with Gasteiger partial charge in [-0.05, 0) is 0 Å². The normalized spacial score (nSPS) is 39.5. The van der Waals surface area contributed by atoms with E-state index in [1.807, 2.05) is 0 Å². The molecule has 4 aliphatic heterocycles. The van der Waals surface area contributed by atoms with Gasteiger partial charge in [0.1, 0.15) is 11.2 Å². The van der Waals surface area contributed by atoms with Gasteiger partial charge in [0.05, 0.1) is 18.5 Å². The molecule has 134 valence electrons. The van der Waals surface area contributed by atoms with Crippen LogP contribution in [0.4, 0.5) is 8.78 Å². The fraction of sp³-hybridized carbons (Fsp3) is 0.818. The van der Waals surface area contributed by atoms with Gasteiger partial charge in [-0.25, -0.2) is 4.79 Å². The highest BCUT2D eigenvalue weighted by Gasteiger charge is 2.78. The molecule has 24 heavy (non-hydrogen) atoms. The highest BCUT2D eigenvalue weighted by molar-refractivity contribution is 8.01. The fourth-order valence-electron chi connectivity index (χ4n) is 3.54. The minimum Gasteiger partial charge on any atom is -0.457 e. The van der Waals surface area contributed by atoms with Crippen molar-refractivity contribution in [2.24, 2.45) is 5.92 Å². The third-order valence-corrected chi connectivity index (χ3v) is 7.02. The Hall–Kier alpha value is -1.02. The maximum absolute atomic E-state index is 13.4. The lowest BCUT2D eigenvalue weighted by Gasteiger charge is -2.36. The van der Waals surface area contributed by atoms with Crippen LogP contribution in [0, 0.1) is 5.92 Å². The zero-order chi connectivity index (χ0) is 17.5. The number of fused-ring (bicyclic) bond motifs is 3. The van der Waals surface area contributed by atoms with E-state index in [0.717, 1.165) is 11.8 Å². The van der Waals surface area contributed by atoms with E-state index in [-0.39, 0.29) is 13.2 Å². The van der Waals surface area contributed by atoms with Crippen molar-refractivity contribution in [3.8, 4) is 0 Å². The van der Waals surface area contributed by atoms with Crippen LogP contribution in [0.15, 0.2) is 0 Å². The SMILES string of the molecule is O=C1OC2C(OC(=O)C(F)(F)S(=O)(=O)O)C3SC2C1C31OCCO1. The lowest BCUT2D eigenvalue weighted by Crippen LogP contribution is -2.58. The molecule has 4 aliphatic rings. The zero-order valence-corrected chi connectivity index (χ0v) is 13.2. The predicted octanol–water partition coefficient (Wildman–Crippen LogP) is -0.839. The molecular formula is C11H10F2O9S2. The molecule has 4 fully saturated rings. The Morgan fingerprint density at radius 1 is 1.38 bits per heavy atom. The smallest absolute Gasteiger partial charge is 0.457 e. The molecule has 4 rings (SSSR count). The third kappa shape index (κ3) is 1.87. The molecule has 1 spiro atoms. The summed E-state index contributed by atoms with van der Waals surface area (Å²) in [6, 6.07) is 0. The van der Waals surface area contributed by atoms with Crippen LogP contribution >= 0.6 is 11.8 Å². The number of esters is 2. The minimum absolute atomic E-state index is 0.167. The summed E-state index contributed by atoms with van der Waals surface area (Å²) in [4.78, 5) is 23.6. The quantitative estimate of drug-likeness (QED) is 0.483. The van der Waals surface area contributed by atoms with Crippen molar-refractivity contribution in [2.75, 3.05) is 13.2 Å². The van der Waals surface area contributed by atoms with Gasteiger partial charge in [-0.2, -0.15) is 17.2 Å². The van der Waals surface area contributed by atoms with E-state index in [0.29, 0.717) is 0 Å². The Balaban J connectivity index is 1.64. The first-order chi connectivity index (χ1) is 11.1. The van der Waals surface area contributed by atoms with Gasteiger partial charge in [-0.3, -0.25) is 9.35 Å². The summed E-state index contributed by atoms with van der Waals surface area (Å²) in [6.45, 7) is 0.333. The lowest BCUT2D eigenvalue weighted by atomic mass is 9.82. The number of carbonyl (C=O) groups excluding carboxylic acids is 2. The Morgan fingerprint density at radius 2 is 2.00 bits per heavy atom. The van der Waals surface area contributed by atoms with Crippen LogP contribution in [0.3, 0.4) is 0 Å². The summed E-state index contributed by atoms with van der Waals surface area (Å²) >= 11 is 1.15. The molecule has 4 heterocycles. The van der Waals surface area contributed by atoms with Gasteiger partial charge in [-0.1, -0.05) is 0 Å². The minimum atomic E-state index is -5.99. The van der Waals surface area contributed by atoms with E-state index in [2.05, 4.69) is 4.74 Å². The van der Waals surface area contributed by atoms with Crippen molar-refractivity contribution in [1.29, 1.82) is 0 Å². The first kappa shape index (κ1) is 16.4.